The van der Waals surface area contributed by atoms with Crippen LogP contribution < -0.4 is 14.8 Å². The van der Waals surface area contributed by atoms with Gasteiger partial charge in [0.15, 0.2) is 11.5 Å². The molecule has 208 valence electrons. The van der Waals surface area contributed by atoms with Crippen molar-refractivity contribution in [1.82, 2.24) is 14.5 Å². The Labute approximate surface area is 231 Å². The van der Waals surface area contributed by atoms with Crippen molar-refractivity contribution in [2.45, 2.75) is 26.3 Å². The molecule has 8 nitrogen and oxygen atoms in total. The number of amides is 2. The van der Waals surface area contributed by atoms with E-state index in [1.54, 1.807) is 53.2 Å². The monoisotopic (exact) mass is 548 g/mol. The average Bonchev–Trinajstić information content (AvgIpc) is 3.35. The Morgan fingerprint density at radius 3 is 2.15 bits per heavy atom. The minimum Gasteiger partial charge on any atom is -0.493 e. The number of hydrogen-bond donors (Lipinski definition) is 1. The van der Waals surface area contributed by atoms with Crippen LogP contribution in [0.1, 0.15) is 19.4 Å². The number of rotatable bonds is 10. The van der Waals surface area contributed by atoms with Crippen LogP contribution in [0.15, 0.2) is 72.9 Å². The molecular formula is C30H30F2N4O4. The molecule has 0 unspecified atom stereocenters. The lowest BCUT2D eigenvalue weighted by Gasteiger charge is -2.26. The van der Waals surface area contributed by atoms with E-state index in [2.05, 4.69) is 10.3 Å². The maximum absolute atomic E-state index is 13.6. The second-order valence-electron chi connectivity index (χ2n) is 9.33. The van der Waals surface area contributed by atoms with E-state index in [4.69, 9.17) is 9.47 Å². The zero-order valence-corrected chi connectivity index (χ0v) is 22.7. The number of methoxy groups -OCH3 is 2. The molecule has 1 heterocycles. The number of imidazole rings is 1. The van der Waals surface area contributed by atoms with Crippen molar-refractivity contribution in [1.29, 1.82) is 0 Å². The van der Waals surface area contributed by atoms with Crippen molar-refractivity contribution in [3.8, 4) is 28.4 Å². The summed E-state index contributed by atoms with van der Waals surface area (Å²) in [6, 6.07) is 16.4. The topological polar surface area (TPSA) is 85.7 Å². The van der Waals surface area contributed by atoms with Gasteiger partial charge < -0.3 is 14.4 Å². The lowest BCUT2D eigenvalue weighted by Crippen LogP contribution is -2.43. The van der Waals surface area contributed by atoms with Gasteiger partial charge in [-0.3, -0.25) is 19.5 Å². The number of carbonyl (C=O) groups is 2. The largest absolute Gasteiger partial charge is 0.493 e. The van der Waals surface area contributed by atoms with Gasteiger partial charge in [0.2, 0.25) is 17.8 Å². The highest BCUT2D eigenvalue weighted by molar-refractivity contribution is 5.94. The first-order valence-electron chi connectivity index (χ1n) is 12.6. The first kappa shape index (κ1) is 28.3. The van der Waals surface area contributed by atoms with E-state index in [9.17, 15) is 18.4 Å². The number of nitrogens with zero attached hydrogens (tertiary/aromatic N) is 3. The quantitative estimate of drug-likeness (QED) is 0.293. The van der Waals surface area contributed by atoms with E-state index in [-0.39, 0.29) is 36.7 Å². The van der Waals surface area contributed by atoms with Crippen molar-refractivity contribution in [2.75, 3.05) is 26.1 Å². The second-order valence-corrected chi connectivity index (χ2v) is 9.33. The van der Waals surface area contributed by atoms with Crippen LogP contribution in [0.5, 0.6) is 11.5 Å². The second kappa shape index (κ2) is 12.4. The summed E-state index contributed by atoms with van der Waals surface area (Å²) in [6.45, 7) is 3.43. The van der Waals surface area contributed by atoms with E-state index >= 15 is 0 Å². The van der Waals surface area contributed by atoms with Gasteiger partial charge in [-0.25, -0.2) is 13.8 Å². The molecule has 40 heavy (non-hydrogen) atoms. The van der Waals surface area contributed by atoms with Crippen LogP contribution in [0.3, 0.4) is 0 Å². The predicted molar refractivity (Wildman–Crippen MR) is 148 cm³/mol. The molecule has 0 aliphatic rings. The van der Waals surface area contributed by atoms with Gasteiger partial charge in [-0.15, -0.1) is 0 Å². The number of anilines is 1. The summed E-state index contributed by atoms with van der Waals surface area (Å²) < 4.78 is 39.2. The van der Waals surface area contributed by atoms with Crippen molar-refractivity contribution in [3.05, 3.63) is 90.1 Å². The molecule has 0 aliphatic carbocycles. The van der Waals surface area contributed by atoms with E-state index in [1.165, 1.54) is 43.4 Å². The first-order valence-corrected chi connectivity index (χ1v) is 12.6. The van der Waals surface area contributed by atoms with Crippen molar-refractivity contribution in [2.24, 2.45) is 0 Å². The zero-order chi connectivity index (χ0) is 28.8. The molecule has 1 aromatic heterocycles. The molecule has 0 fully saturated rings. The van der Waals surface area contributed by atoms with Gasteiger partial charge in [0, 0.05) is 23.5 Å². The predicted octanol–water partition coefficient (Wildman–Crippen LogP) is 5.25. The third-order valence-corrected chi connectivity index (χ3v) is 6.26. The maximum Gasteiger partial charge on any atom is 0.246 e. The van der Waals surface area contributed by atoms with E-state index in [0.717, 1.165) is 0 Å². The molecule has 4 rings (SSSR count). The van der Waals surface area contributed by atoms with Gasteiger partial charge in [-0.2, -0.15) is 0 Å². The van der Waals surface area contributed by atoms with Crippen LogP contribution in [0.25, 0.3) is 16.9 Å². The number of carbonyl (C=O) groups excluding carboxylic acids is 2. The Morgan fingerprint density at radius 1 is 0.925 bits per heavy atom. The van der Waals surface area contributed by atoms with Crippen LogP contribution in [-0.4, -0.2) is 53.1 Å². The van der Waals surface area contributed by atoms with Gasteiger partial charge in [-0.05, 0) is 80.1 Å². The zero-order valence-electron chi connectivity index (χ0n) is 22.7. The molecule has 2 amide bonds. The molecule has 10 heteroatoms. The SMILES string of the molecule is COc1ccc(CC(=O)N(CC(=O)Nc2nc(-c3ccc(F)cc3)cn2-c2ccc(F)cc2)C(C)C)cc1OC. The Hall–Kier alpha value is -4.73. The Bertz CT molecular complexity index is 1480. The molecule has 0 saturated heterocycles. The van der Waals surface area contributed by atoms with Gasteiger partial charge in [0.05, 0.1) is 26.3 Å². The molecule has 1 N–H and O–H groups in total. The van der Waals surface area contributed by atoms with Crippen molar-refractivity contribution >= 4 is 17.8 Å². The molecule has 0 saturated carbocycles. The van der Waals surface area contributed by atoms with Gasteiger partial charge in [0.1, 0.15) is 18.2 Å². The van der Waals surface area contributed by atoms with E-state index < -0.39 is 11.7 Å². The number of ether oxygens (including phenoxy) is 2. The van der Waals surface area contributed by atoms with Crippen LogP contribution in [0.4, 0.5) is 14.7 Å². The Balaban J connectivity index is 1.55. The Kier molecular flexibility index (Phi) is 8.78. The van der Waals surface area contributed by atoms with Crippen LogP contribution in [0.2, 0.25) is 0 Å². The number of halogens is 2. The highest BCUT2D eigenvalue weighted by Gasteiger charge is 2.23. The third kappa shape index (κ3) is 6.63. The summed E-state index contributed by atoms with van der Waals surface area (Å²) in [5.74, 6) is -0.274. The van der Waals surface area contributed by atoms with Crippen molar-refractivity contribution in [3.63, 3.8) is 0 Å². The molecular weight excluding hydrogens is 518 g/mol. The number of hydrogen-bond acceptors (Lipinski definition) is 5. The highest BCUT2D eigenvalue weighted by atomic mass is 19.1. The van der Waals surface area contributed by atoms with E-state index in [1.807, 2.05) is 13.8 Å². The fraction of sp³-hybridized carbons (Fsp3) is 0.233. The smallest absolute Gasteiger partial charge is 0.246 e. The number of benzene rings is 3. The Morgan fingerprint density at radius 2 is 1.55 bits per heavy atom. The average molecular weight is 549 g/mol. The molecule has 0 radical (unpaired) electrons. The summed E-state index contributed by atoms with van der Waals surface area (Å²) in [4.78, 5) is 32.4. The number of aromatic nitrogens is 2. The first-order chi connectivity index (χ1) is 19.2. The minimum absolute atomic E-state index is 0.0603. The van der Waals surface area contributed by atoms with Crippen LogP contribution in [0, 0.1) is 11.6 Å². The fourth-order valence-corrected chi connectivity index (χ4v) is 4.17. The third-order valence-electron chi connectivity index (χ3n) is 6.26. The molecule has 0 atom stereocenters. The number of nitrogens with one attached hydrogen (secondary N) is 1. The van der Waals surface area contributed by atoms with E-state index in [0.29, 0.717) is 34.0 Å². The highest BCUT2D eigenvalue weighted by Crippen LogP contribution is 2.28. The summed E-state index contributed by atoms with van der Waals surface area (Å²) in [7, 11) is 3.05. The van der Waals surface area contributed by atoms with Crippen molar-refractivity contribution < 1.29 is 27.8 Å². The standard InChI is InChI=1S/C30H30F2N4O4/c1-19(2)35(29(38)16-20-5-14-26(39-3)27(15-20)40-4)18-28(37)34-30-33-25(21-6-8-22(31)9-7-21)17-36(30)24-12-10-23(32)11-13-24/h5-15,17,19H,16,18H2,1-4H3,(H,33,34,37). The normalized spacial score (nSPS) is 10.9. The van der Waals surface area contributed by atoms with Crippen LogP contribution >= 0.6 is 0 Å². The minimum atomic E-state index is -0.464. The molecule has 0 bridgehead atoms. The molecule has 4 aromatic rings. The summed E-state index contributed by atoms with van der Waals surface area (Å²) in [5.41, 5.74) is 2.38. The summed E-state index contributed by atoms with van der Waals surface area (Å²) in [5, 5.41) is 2.78. The summed E-state index contributed by atoms with van der Waals surface area (Å²) in [6.07, 6.45) is 1.73. The molecule has 0 aliphatic heterocycles. The summed E-state index contributed by atoms with van der Waals surface area (Å²) >= 11 is 0. The lowest BCUT2D eigenvalue weighted by molar-refractivity contribution is -0.135. The fourth-order valence-electron chi connectivity index (χ4n) is 4.17. The maximum atomic E-state index is 13.6. The van der Waals surface area contributed by atoms with Crippen LogP contribution in [-0.2, 0) is 16.0 Å². The lowest BCUT2D eigenvalue weighted by atomic mass is 10.1. The molecule has 0 spiro atoms. The molecule has 3 aromatic carbocycles. The van der Waals surface area contributed by atoms with Gasteiger partial charge in [-0.1, -0.05) is 6.07 Å². The van der Waals surface area contributed by atoms with Gasteiger partial charge >= 0.3 is 0 Å². The van der Waals surface area contributed by atoms with Gasteiger partial charge in [0.25, 0.3) is 0 Å².